The number of hydrogen-bond donors (Lipinski definition) is 1. The zero-order chi connectivity index (χ0) is 27.2. The number of piperidine rings is 1. The molecule has 0 saturated carbocycles. The lowest BCUT2D eigenvalue weighted by Crippen LogP contribution is -2.52. The van der Waals surface area contributed by atoms with Gasteiger partial charge in [0.05, 0.1) is 18.6 Å². The van der Waals surface area contributed by atoms with E-state index in [4.69, 9.17) is 9.47 Å². The Kier molecular flexibility index (Phi) is 6.90. The second-order valence-corrected chi connectivity index (χ2v) is 10.7. The molecule has 13 heteroatoms. The first-order chi connectivity index (χ1) is 18.1. The van der Waals surface area contributed by atoms with Crippen LogP contribution in [-0.2, 0) is 31.1 Å². The molecule has 4 amide bonds. The number of fused-ring (bicyclic) bond motifs is 1. The summed E-state index contributed by atoms with van der Waals surface area (Å²) in [4.78, 5) is 52.9. The first-order valence-electron chi connectivity index (χ1n) is 13.0. The van der Waals surface area contributed by atoms with E-state index in [1.54, 1.807) is 12.1 Å². The monoisotopic (exact) mass is 511 g/mol. The summed E-state index contributed by atoms with van der Waals surface area (Å²) >= 11 is 0. The van der Waals surface area contributed by atoms with Gasteiger partial charge in [-0.2, -0.15) is 0 Å². The van der Waals surface area contributed by atoms with E-state index < -0.39 is 17.3 Å². The number of hydrogen-bond acceptors (Lipinski definition) is 6. The number of benzene rings is 2. The lowest BCUT2D eigenvalue weighted by molar-refractivity contribution is -0.143. The van der Waals surface area contributed by atoms with Gasteiger partial charge in [0, 0.05) is 30.0 Å². The van der Waals surface area contributed by atoms with E-state index in [0.29, 0.717) is 30.9 Å². The summed E-state index contributed by atoms with van der Waals surface area (Å²) in [6, 6.07) is 10.8. The van der Waals surface area contributed by atoms with E-state index in [1.807, 2.05) is 54.5 Å². The third kappa shape index (κ3) is 4.75. The minimum absolute atomic E-state index is 0.00489. The van der Waals surface area contributed by atoms with Crippen LogP contribution >= 0.6 is 0 Å². The molecule has 2 aromatic carbocycles. The summed E-state index contributed by atoms with van der Waals surface area (Å²) in [6.45, 7) is 1.48. The van der Waals surface area contributed by atoms with Crippen molar-refractivity contribution in [3.63, 3.8) is 0 Å². The molecule has 3 aliphatic heterocycles. The van der Waals surface area contributed by atoms with E-state index in [-0.39, 0.29) is 43.2 Å². The molecule has 3 heterocycles. The fourth-order valence-electron chi connectivity index (χ4n) is 5.61. The number of nitrogens with one attached hydrogen (secondary N) is 1. The van der Waals surface area contributed by atoms with E-state index in [9.17, 15) is 19.2 Å². The van der Waals surface area contributed by atoms with Crippen molar-refractivity contribution in [2.75, 3.05) is 19.8 Å². The second kappa shape index (κ2) is 10.0. The molecule has 38 heavy (non-hydrogen) atoms. The molecule has 3 aliphatic rings. The van der Waals surface area contributed by atoms with Crippen molar-refractivity contribution in [3.05, 3.63) is 58.7 Å². The first-order valence-corrected chi connectivity index (χ1v) is 13.0. The van der Waals surface area contributed by atoms with Gasteiger partial charge in [-0.1, -0.05) is 29.7 Å². The van der Waals surface area contributed by atoms with Crippen molar-refractivity contribution in [1.82, 2.24) is 15.1 Å². The maximum Gasteiger partial charge on any atom is 0.255 e. The van der Waals surface area contributed by atoms with Crippen molar-refractivity contribution in [1.29, 1.82) is 0 Å². The van der Waals surface area contributed by atoms with E-state index >= 15 is 0 Å². The summed E-state index contributed by atoms with van der Waals surface area (Å²) in [5.74, 6) is -0.461. The number of rotatable bonds is 6. The molecule has 192 valence electrons. The molecule has 2 aromatic rings. The SMILES string of the molecule is Bc1cc(C(B)(B)Oc2cccc3c2CN(C2CCC(=O)NC2=O)C3=O)ccc1C(B)N1CCOCC1=O. The predicted octanol–water partition coefficient (Wildman–Crippen LogP) is -3.35. The Morgan fingerprint density at radius 1 is 1.13 bits per heavy atom. The molecule has 0 aromatic heterocycles. The molecule has 5 rings (SSSR count). The molecule has 2 unspecified atom stereocenters. The minimum Gasteiger partial charge on any atom is -0.501 e. The lowest BCUT2D eigenvalue weighted by Gasteiger charge is -2.35. The van der Waals surface area contributed by atoms with Gasteiger partial charge < -0.3 is 19.3 Å². The van der Waals surface area contributed by atoms with Gasteiger partial charge in [0.25, 0.3) is 5.91 Å². The Hall–Kier alpha value is -3.46. The number of carbonyl (C=O) groups excluding carboxylic acids is 4. The average Bonchev–Trinajstić information content (AvgIpc) is 3.21. The van der Waals surface area contributed by atoms with Gasteiger partial charge in [0.1, 0.15) is 34.1 Å². The Bertz CT molecular complexity index is 1340. The van der Waals surface area contributed by atoms with Crippen LogP contribution in [0.2, 0.25) is 0 Å². The summed E-state index contributed by atoms with van der Waals surface area (Å²) in [6.07, 6.45) is 0.521. The summed E-state index contributed by atoms with van der Waals surface area (Å²) < 4.78 is 11.8. The van der Waals surface area contributed by atoms with Gasteiger partial charge in [-0.15, -0.1) is 0 Å². The van der Waals surface area contributed by atoms with Crippen LogP contribution in [0.5, 0.6) is 5.75 Å². The third-order valence-corrected chi connectivity index (χ3v) is 7.81. The normalized spacial score (nSPS) is 20.8. The first kappa shape index (κ1) is 26.2. The van der Waals surface area contributed by atoms with Gasteiger partial charge in [0.2, 0.25) is 17.7 Å². The highest BCUT2D eigenvalue weighted by Crippen LogP contribution is 2.36. The fourth-order valence-corrected chi connectivity index (χ4v) is 5.61. The number of nitrogens with zero attached hydrogens (tertiary/aromatic N) is 2. The van der Waals surface area contributed by atoms with Crippen molar-refractivity contribution in [3.8, 4) is 5.75 Å². The van der Waals surface area contributed by atoms with Gasteiger partial charge in [0.15, 0.2) is 15.7 Å². The van der Waals surface area contributed by atoms with Gasteiger partial charge in [-0.05, 0) is 29.7 Å². The van der Waals surface area contributed by atoms with Crippen molar-refractivity contribution in [2.45, 2.75) is 36.8 Å². The Labute approximate surface area is 225 Å². The molecule has 0 aliphatic carbocycles. The molecule has 0 bridgehead atoms. The number of imide groups is 1. The quantitative estimate of drug-likeness (QED) is 0.322. The number of ether oxygens (including phenoxy) is 2. The van der Waals surface area contributed by atoms with Crippen molar-refractivity contribution < 1.29 is 28.7 Å². The average molecular weight is 511 g/mol. The van der Waals surface area contributed by atoms with Crippen molar-refractivity contribution >= 4 is 60.5 Å². The minimum atomic E-state index is -0.721. The fraction of sp³-hybridized carbons (Fsp3) is 0.360. The highest BCUT2D eigenvalue weighted by molar-refractivity contribution is 6.40. The van der Waals surface area contributed by atoms with E-state index in [1.165, 1.54) is 4.90 Å². The zero-order valence-corrected chi connectivity index (χ0v) is 22.2. The number of morpholine rings is 1. The molecule has 1 N–H and O–H groups in total. The molecular weight excluding hydrogens is 482 g/mol. The maximum absolute atomic E-state index is 13.2. The van der Waals surface area contributed by atoms with Crippen LogP contribution in [0.15, 0.2) is 36.4 Å². The Morgan fingerprint density at radius 3 is 2.63 bits per heavy atom. The van der Waals surface area contributed by atoms with Crippen LogP contribution in [0.3, 0.4) is 0 Å². The molecule has 2 atom stereocenters. The van der Waals surface area contributed by atoms with Crippen LogP contribution in [0, 0.1) is 0 Å². The van der Waals surface area contributed by atoms with Crippen molar-refractivity contribution in [2.24, 2.45) is 0 Å². The summed E-state index contributed by atoms with van der Waals surface area (Å²) in [5.41, 5.74) is 4.35. The third-order valence-electron chi connectivity index (χ3n) is 7.81. The number of carbonyl (C=O) groups is 4. The van der Waals surface area contributed by atoms with Gasteiger partial charge >= 0.3 is 0 Å². The predicted molar refractivity (Wildman–Crippen MR) is 150 cm³/mol. The number of amides is 4. The smallest absolute Gasteiger partial charge is 0.255 e. The lowest BCUT2D eigenvalue weighted by atomic mass is 9.60. The Balaban J connectivity index is 1.36. The topological polar surface area (TPSA) is 105 Å². The maximum atomic E-state index is 13.2. The van der Waals surface area contributed by atoms with Crippen LogP contribution in [0.4, 0.5) is 0 Å². The van der Waals surface area contributed by atoms with E-state index in [2.05, 4.69) is 11.4 Å². The molecule has 0 radical (unpaired) electrons. The second-order valence-electron chi connectivity index (χ2n) is 10.7. The zero-order valence-electron chi connectivity index (χ0n) is 22.2. The molecule has 2 saturated heterocycles. The Morgan fingerprint density at radius 2 is 1.92 bits per heavy atom. The van der Waals surface area contributed by atoms with Crippen LogP contribution in [0.1, 0.15) is 45.8 Å². The van der Waals surface area contributed by atoms with Crippen LogP contribution in [-0.4, -0.2) is 90.6 Å². The highest BCUT2D eigenvalue weighted by atomic mass is 16.5. The van der Waals surface area contributed by atoms with Crippen LogP contribution < -0.4 is 15.5 Å². The molecule has 0 spiro atoms. The van der Waals surface area contributed by atoms with Gasteiger partial charge in [-0.25, -0.2) is 0 Å². The largest absolute Gasteiger partial charge is 0.501 e. The summed E-state index contributed by atoms with van der Waals surface area (Å²) in [7, 11) is 8.02. The standard InChI is InChI=1S/C25H29B4N3O6/c26-17-10-13(4-5-15(17)22(27)31-8-9-37-12-21(31)34)25(28,29)38-19-3-1-2-14-16(19)11-32(24(14)36)18-6-7-20(33)30-23(18)35/h1-5,10,18,22H,6-9,11-12,26-29H2,(H,30,33,35). The van der Waals surface area contributed by atoms with E-state index in [0.717, 1.165) is 22.2 Å². The highest BCUT2D eigenvalue weighted by Gasteiger charge is 2.40. The molecule has 9 nitrogen and oxygen atoms in total. The van der Waals surface area contributed by atoms with Crippen LogP contribution in [0.25, 0.3) is 0 Å². The van der Waals surface area contributed by atoms with Gasteiger partial charge in [-0.3, -0.25) is 24.5 Å². The summed E-state index contributed by atoms with van der Waals surface area (Å²) in [5, 5.41) is 1.62. The molecular formula is C25H29B4N3O6. The molecule has 2 fully saturated rings.